The number of aromatic nitrogens is 1. The second-order valence-electron chi connectivity index (χ2n) is 4.27. The molecule has 0 fully saturated rings. The van der Waals surface area contributed by atoms with Gasteiger partial charge in [-0.25, -0.2) is 8.78 Å². The molecule has 3 nitrogen and oxygen atoms in total. The molecule has 0 spiro atoms. The molecule has 0 aliphatic carbocycles. The Morgan fingerprint density at radius 2 is 2.00 bits per heavy atom. The summed E-state index contributed by atoms with van der Waals surface area (Å²) < 4.78 is 25.9. The van der Waals surface area contributed by atoms with E-state index in [1.165, 1.54) is 6.07 Å². The van der Waals surface area contributed by atoms with E-state index in [2.05, 4.69) is 10.3 Å². The summed E-state index contributed by atoms with van der Waals surface area (Å²) in [5.41, 5.74) is 6.93. The topological polar surface area (TPSA) is 50.9 Å². The molecule has 0 aliphatic rings. The van der Waals surface area contributed by atoms with E-state index in [1.54, 1.807) is 18.3 Å². The Balaban J connectivity index is 2.24. The molecule has 0 saturated carbocycles. The van der Waals surface area contributed by atoms with E-state index in [-0.39, 0.29) is 11.6 Å². The molecule has 100 valence electrons. The van der Waals surface area contributed by atoms with Gasteiger partial charge in [0, 0.05) is 23.1 Å². The fraction of sp³-hybridized carbons (Fsp3) is 0.214. The third-order valence-electron chi connectivity index (χ3n) is 2.81. The van der Waals surface area contributed by atoms with Crippen molar-refractivity contribution in [3.05, 3.63) is 53.9 Å². The lowest BCUT2D eigenvalue weighted by Crippen LogP contribution is -2.10. The van der Waals surface area contributed by atoms with Gasteiger partial charge >= 0.3 is 0 Å². The Hall–Kier alpha value is -2.17. The second kappa shape index (κ2) is 5.65. The number of benzene rings is 1. The Morgan fingerprint density at radius 1 is 1.21 bits per heavy atom. The Bertz CT molecular complexity index is 544. The van der Waals surface area contributed by atoms with E-state index >= 15 is 0 Å². The van der Waals surface area contributed by atoms with Crippen molar-refractivity contribution in [3.63, 3.8) is 0 Å². The van der Waals surface area contributed by atoms with Crippen molar-refractivity contribution in [1.82, 2.24) is 4.98 Å². The molecule has 5 heteroatoms. The van der Waals surface area contributed by atoms with Crippen LogP contribution >= 0.6 is 0 Å². The summed E-state index contributed by atoms with van der Waals surface area (Å²) in [4.78, 5) is 4.19. The molecular formula is C14H15F2N3. The zero-order valence-corrected chi connectivity index (χ0v) is 10.5. The molecule has 3 N–H and O–H groups in total. The monoisotopic (exact) mass is 263 g/mol. The normalized spacial score (nSPS) is 12.4. The highest BCUT2D eigenvalue weighted by atomic mass is 19.3. The first kappa shape index (κ1) is 13.3. The standard InChI is InChI=1S/C14H15F2N3/c1-9(12-4-2-3-7-18-12)19-13-6-5-10(17)8-11(13)14(15)16/h2-9,14,19H,17H2,1H3. The molecule has 2 rings (SSSR count). The maximum Gasteiger partial charge on any atom is 0.265 e. The first-order valence-electron chi connectivity index (χ1n) is 5.93. The van der Waals surface area contributed by atoms with Crippen molar-refractivity contribution in [1.29, 1.82) is 0 Å². The van der Waals surface area contributed by atoms with E-state index in [0.29, 0.717) is 11.4 Å². The van der Waals surface area contributed by atoms with Crippen LogP contribution in [0, 0.1) is 0 Å². The molecule has 0 bridgehead atoms. The van der Waals surface area contributed by atoms with Crippen LogP contribution in [0.1, 0.15) is 30.6 Å². The van der Waals surface area contributed by atoms with Crippen LogP contribution in [0.15, 0.2) is 42.6 Å². The number of nitrogen functional groups attached to an aromatic ring is 1. The average molecular weight is 263 g/mol. The average Bonchev–Trinajstić information content (AvgIpc) is 2.41. The summed E-state index contributed by atoms with van der Waals surface area (Å²) >= 11 is 0. The number of rotatable bonds is 4. The highest BCUT2D eigenvalue weighted by molar-refractivity contribution is 5.59. The summed E-state index contributed by atoms with van der Waals surface area (Å²) in [6.07, 6.45) is -0.897. The molecule has 0 saturated heterocycles. The predicted octanol–water partition coefficient (Wildman–Crippen LogP) is 3.77. The van der Waals surface area contributed by atoms with Crippen molar-refractivity contribution in [3.8, 4) is 0 Å². The lowest BCUT2D eigenvalue weighted by Gasteiger charge is -2.18. The number of nitrogens with one attached hydrogen (secondary N) is 1. The number of alkyl halides is 2. The van der Waals surface area contributed by atoms with Gasteiger partial charge in [0.2, 0.25) is 0 Å². The van der Waals surface area contributed by atoms with Gasteiger partial charge in [-0.1, -0.05) is 6.07 Å². The smallest absolute Gasteiger partial charge is 0.265 e. The van der Waals surface area contributed by atoms with Crippen molar-refractivity contribution in [2.24, 2.45) is 0 Å². The number of hydrogen-bond donors (Lipinski definition) is 2. The van der Waals surface area contributed by atoms with Crippen LogP contribution in [0.4, 0.5) is 20.2 Å². The van der Waals surface area contributed by atoms with E-state index in [4.69, 9.17) is 5.73 Å². The van der Waals surface area contributed by atoms with Crippen LogP contribution in [0.2, 0.25) is 0 Å². The van der Waals surface area contributed by atoms with Crippen LogP contribution in [-0.2, 0) is 0 Å². The molecule has 1 heterocycles. The van der Waals surface area contributed by atoms with Crippen LogP contribution in [0.3, 0.4) is 0 Å². The van der Waals surface area contributed by atoms with E-state index in [1.807, 2.05) is 25.1 Å². The van der Waals surface area contributed by atoms with E-state index in [9.17, 15) is 8.78 Å². The highest BCUT2D eigenvalue weighted by Gasteiger charge is 2.15. The van der Waals surface area contributed by atoms with Crippen molar-refractivity contribution >= 4 is 11.4 Å². The van der Waals surface area contributed by atoms with Crippen molar-refractivity contribution in [2.75, 3.05) is 11.1 Å². The summed E-state index contributed by atoms with van der Waals surface area (Å²) in [7, 11) is 0. The van der Waals surface area contributed by atoms with E-state index < -0.39 is 6.43 Å². The van der Waals surface area contributed by atoms with Crippen LogP contribution in [0.25, 0.3) is 0 Å². The molecule has 1 atom stereocenters. The lowest BCUT2D eigenvalue weighted by molar-refractivity contribution is 0.152. The van der Waals surface area contributed by atoms with E-state index in [0.717, 1.165) is 5.69 Å². The fourth-order valence-electron chi connectivity index (χ4n) is 1.83. The molecule has 1 unspecified atom stereocenters. The van der Waals surface area contributed by atoms with Gasteiger partial charge in [-0.3, -0.25) is 4.98 Å². The Kier molecular flexibility index (Phi) is 3.94. The quantitative estimate of drug-likeness (QED) is 0.825. The van der Waals surface area contributed by atoms with Crippen molar-refractivity contribution < 1.29 is 8.78 Å². The molecule has 19 heavy (non-hydrogen) atoms. The third kappa shape index (κ3) is 3.19. The van der Waals surface area contributed by atoms with Gasteiger partial charge in [-0.2, -0.15) is 0 Å². The van der Waals surface area contributed by atoms with Gasteiger partial charge in [0.05, 0.1) is 11.7 Å². The molecule has 1 aromatic carbocycles. The lowest BCUT2D eigenvalue weighted by atomic mass is 10.1. The first-order valence-corrected chi connectivity index (χ1v) is 5.93. The SMILES string of the molecule is CC(Nc1ccc(N)cc1C(F)F)c1ccccn1. The fourth-order valence-corrected chi connectivity index (χ4v) is 1.83. The molecule has 0 amide bonds. The number of halogens is 2. The minimum atomic E-state index is -2.57. The largest absolute Gasteiger partial charge is 0.399 e. The molecule has 0 radical (unpaired) electrons. The zero-order valence-electron chi connectivity index (χ0n) is 10.5. The summed E-state index contributed by atoms with van der Waals surface area (Å²) in [6.45, 7) is 1.87. The van der Waals surface area contributed by atoms with Crippen LogP contribution < -0.4 is 11.1 Å². The summed E-state index contributed by atoms with van der Waals surface area (Å²) in [5, 5.41) is 3.04. The number of hydrogen-bond acceptors (Lipinski definition) is 3. The minimum Gasteiger partial charge on any atom is -0.399 e. The molecule has 2 aromatic rings. The first-order chi connectivity index (χ1) is 9.08. The third-order valence-corrected chi connectivity index (χ3v) is 2.81. The maximum atomic E-state index is 12.9. The van der Waals surface area contributed by atoms with Crippen LogP contribution in [-0.4, -0.2) is 4.98 Å². The van der Waals surface area contributed by atoms with Gasteiger partial charge in [0.1, 0.15) is 0 Å². The molecular weight excluding hydrogens is 248 g/mol. The number of pyridine rings is 1. The van der Waals surface area contributed by atoms with Gasteiger partial charge in [0.15, 0.2) is 0 Å². The summed E-state index contributed by atoms with van der Waals surface area (Å²) in [5.74, 6) is 0. The molecule has 1 aromatic heterocycles. The highest BCUT2D eigenvalue weighted by Crippen LogP contribution is 2.31. The second-order valence-corrected chi connectivity index (χ2v) is 4.27. The van der Waals surface area contributed by atoms with Gasteiger partial charge < -0.3 is 11.1 Å². The summed E-state index contributed by atoms with van der Waals surface area (Å²) in [6, 6.07) is 9.80. The number of nitrogens with zero attached hydrogens (tertiary/aromatic N) is 1. The Labute approximate surface area is 110 Å². The maximum absolute atomic E-state index is 12.9. The zero-order chi connectivity index (χ0) is 13.8. The van der Waals surface area contributed by atoms with Crippen molar-refractivity contribution in [2.45, 2.75) is 19.4 Å². The van der Waals surface area contributed by atoms with Gasteiger partial charge in [-0.05, 0) is 37.3 Å². The number of anilines is 2. The minimum absolute atomic E-state index is 0.0946. The Morgan fingerprint density at radius 3 is 2.63 bits per heavy atom. The van der Waals surface area contributed by atoms with Crippen LogP contribution in [0.5, 0.6) is 0 Å². The van der Waals surface area contributed by atoms with Gasteiger partial charge in [-0.15, -0.1) is 0 Å². The predicted molar refractivity (Wildman–Crippen MR) is 72.1 cm³/mol. The number of nitrogens with two attached hydrogens (primary N) is 1. The van der Waals surface area contributed by atoms with Gasteiger partial charge in [0.25, 0.3) is 6.43 Å². The molecule has 0 aliphatic heterocycles.